The van der Waals surface area contributed by atoms with Gasteiger partial charge in [0, 0.05) is 5.56 Å². The van der Waals surface area contributed by atoms with Crippen LogP contribution in [0.1, 0.15) is 5.56 Å². The lowest BCUT2D eigenvalue weighted by Gasteiger charge is -2.10. The fraction of sp³-hybridized carbons (Fsp3) is 0.0952. The van der Waals surface area contributed by atoms with E-state index in [1.807, 2.05) is 66.7 Å². The van der Waals surface area contributed by atoms with Crippen LogP contribution < -0.4 is 9.47 Å². The van der Waals surface area contributed by atoms with Crippen LogP contribution in [0.2, 0.25) is 0 Å². The van der Waals surface area contributed by atoms with Crippen molar-refractivity contribution in [3.63, 3.8) is 0 Å². The van der Waals surface area contributed by atoms with Crippen LogP contribution >= 0.6 is 0 Å². The van der Waals surface area contributed by atoms with Gasteiger partial charge in [-0.1, -0.05) is 59.8 Å². The van der Waals surface area contributed by atoms with Crippen molar-refractivity contribution in [2.75, 3.05) is 13.2 Å². The van der Waals surface area contributed by atoms with E-state index < -0.39 is 0 Å². The van der Waals surface area contributed by atoms with Crippen molar-refractivity contribution in [1.29, 1.82) is 0 Å². The minimum atomic E-state index is 0.400. The first-order valence-electron chi connectivity index (χ1n) is 8.04. The Balaban J connectivity index is 1.51. The molecule has 0 amide bonds. The average Bonchev–Trinajstić information content (AvgIpc) is 2.68. The molecule has 0 aliphatic heterocycles. The van der Waals surface area contributed by atoms with Gasteiger partial charge >= 0.3 is 0 Å². The van der Waals surface area contributed by atoms with E-state index in [2.05, 4.69) is 17.3 Å². The SMILES string of the molecule is O/N=C/c1ccccc1OCCOc1ccc(-c2ccccc2)cc1. The summed E-state index contributed by atoms with van der Waals surface area (Å²) in [5.74, 6) is 1.46. The van der Waals surface area contributed by atoms with Gasteiger partial charge < -0.3 is 14.7 Å². The Morgan fingerprint density at radius 1 is 0.720 bits per heavy atom. The van der Waals surface area contributed by atoms with Gasteiger partial charge in [0.25, 0.3) is 0 Å². The van der Waals surface area contributed by atoms with Crippen LogP contribution in [0.25, 0.3) is 11.1 Å². The number of para-hydroxylation sites is 1. The van der Waals surface area contributed by atoms with Crippen LogP contribution in [0.4, 0.5) is 0 Å². The molecule has 0 aromatic heterocycles. The van der Waals surface area contributed by atoms with Crippen LogP contribution in [-0.4, -0.2) is 24.6 Å². The second-order valence-electron chi connectivity index (χ2n) is 5.37. The Morgan fingerprint density at radius 2 is 1.36 bits per heavy atom. The lowest BCUT2D eigenvalue weighted by Crippen LogP contribution is -2.09. The number of benzene rings is 3. The summed E-state index contributed by atoms with van der Waals surface area (Å²) in [6, 6.07) is 25.6. The summed E-state index contributed by atoms with van der Waals surface area (Å²) < 4.78 is 11.4. The molecule has 0 spiro atoms. The Hall–Kier alpha value is -3.27. The van der Waals surface area contributed by atoms with Gasteiger partial charge in [0.2, 0.25) is 0 Å². The van der Waals surface area contributed by atoms with Crippen molar-refractivity contribution in [1.82, 2.24) is 0 Å². The van der Waals surface area contributed by atoms with E-state index in [0.717, 1.165) is 16.9 Å². The van der Waals surface area contributed by atoms with Crippen molar-refractivity contribution >= 4 is 6.21 Å². The molecule has 0 radical (unpaired) electrons. The summed E-state index contributed by atoms with van der Waals surface area (Å²) in [4.78, 5) is 0. The highest BCUT2D eigenvalue weighted by Gasteiger charge is 2.02. The second-order valence-corrected chi connectivity index (χ2v) is 5.37. The molecule has 0 bridgehead atoms. The zero-order chi connectivity index (χ0) is 17.3. The van der Waals surface area contributed by atoms with Gasteiger partial charge in [-0.15, -0.1) is 0 Å². The molecule has 3 rings (SSSR count). The quantitative estimate of drug-likeness (QED) is 0.297. The van der Waals surface area contributed by atoms with E-state index >= 15 is 0 Å². The van der Waals surface area contributed by atoms with E-state index in [4.69, 9.17) is 14.7 Å². The van der Waals surface area contributed by atoms with Crippen molar-refractivity contribution in [3.8, 4) is 22.6 Å². The van der Waals surface area contributed by atoms with Crippen molar-refractivity contribution < 1.29 is 14.7 Å². The minimum absolute atomic E-state index is 0.400. The first-order valence-corrected chi connectivity index (χ1v) is 8.04. The summed E-state index contributed by atoms with van der Waals surface area (Å²) in [6.07, 6.45) is 1.35. The minimum Gasteiger partial charge on any atom is -0.490 e. The predicted molar refractivity (Wildman–Crippen MR) is 98.7 cm³/mol. The van der Waals surface area contributed by atoms with Gasteiger partial charge in [0.1, 0.15) is 24.7 Å². The molecule has 0 aliphatic carbocycles. The fourth-order valence-electron chi connectivity index (χ4n) is 2.47. The number of oxime groups is 1. The smallest absolute Gasteiger partial charge is 0.128 e. The van der Waals surface area contributed by atoms with Crippen LogP contribution in [0.5, 0.6) is 11.5 Å². The summed E-state index contributed by atoms with van der Waals surface area (Å²) in [5.41, 5.74) is 3.05. The molecule has 3 aromatic rings. The largest absolute Gasteiger partial charge is 0.490 e. The third-order valence-corrected chi connectivity index (χ3v) is 3.69. The topological polar surface area (TPSA) is 51.1 Å². The molecule has 0 fully saturated rings. The normalized spacial score (nSPS) is 10.7. The van der Waals surface area contributed by atoms with Gasteiger partial charge in [-0.2, -0.15) is 0 Å². The van der Waals surface area contributed by atoms with Gasteiger partial charge in [-0.05, 0) is 35.4 Å². The van der Waals surface area contributed by atoms with E-state index in [0.29, 0.717) is 19.0 Å². The van der Waals surface area contributed by atoms with E-state index in [9.17, 15) is 0 Å². The third kappa shape index (κ3) is 4.61. The molecule has 0 aliphatic rings. The van der Waals surface area contributed by atoms with E-state index in [-0.39, 0.29) is 0 Å². The molecule has 3 aromatic carbocycles. The molecule has 4 heteroatoms. The average molecular weight is 333 g/mol. The first-order chi connectivity index (χ1) is 12.4. The fourth-order valence-corrected chi connectivity index (χ4v) is 2.47. The van der Waals surface area contributed by atoms with E-state index in [1.165, 1.54) is 11.8 Å². The first kappa shape index (κ1) is 16.6. The Morgan fingerprint density at radius 3 is 2.12 bits per heavy atom. The van der Waals surface area contributed by atoms with Crippen LogP contribution in [0, 0.1) is 0 Å². The Bertz CT molecular complexity index is 814. The van der Waals surface area contributed by atoms with Gasteiger partial charge in [0.15, 0.2) is 0 Å². The van der Waals surface area contributed by atoms with Gasteiger partial charge in [-0.3, -0.25) is 0 Å². The highest BCUT2D eigenvalue weighted by atomic mass is 16.5. The van der Waals surface area contributed by atoms with Crippen LogP contribution in [-0.2, 0) is 0 Å². The summed E-state index contributed by atoms with van der Waals surface area (Å²) >= 11 is 0. The molecular weight excluding hydrogens is 314 g/mol. The molecule has 0 unspecified atom stereocenters. The summed E-state index contributed by atoms with van der Waals surface area (Å²) in [7, 11) is 0. The van der Waals surface area contributed by atoms with Crippen molar-refractivity contribution in [3.05, 3.63) is 84.4 Å². The molecular formula is C21H19NO3. The zero-order valence-corrected chi connectivity index (χ0v) is 13.7. The Labute approximate surface area is 147 Å². The van der Waals surface area contributed by atoms with E-state index in [1.54, 1.807) is 0 Å². The van der Waals surface area contributed by atoms with Crippen LogP contribution in [0.15, 0.2) is 84.0 Å². The molecule has 126 valence electrons. The third-order valence-electron chi connectivity index (χ3n) is 3.69. The van der Waals surface area contributed by atoms with Crippen molar-refractivity contribution in [2.45, 2.75) is 0 Å². The van der Waals surface area contributed by atoms with Crippen LogP contribution in [0.3, 0.4) is 0 Å². The zero-order valence-electron chi connectivity index (χ0n) is 13.7. The number of rotatable bonds is 7. The molecule has 0 saturated heterocycles. The lowest BCUT2D eigenvalue weighted by atomic mass is 10.1. The van der Waals surface area contributed by atoms with Gasteiger partial charge in [-0.25, -0.2) is 0 Å². The monoisotopic (exact) mass is 333 g/mol. The number of hydrogen-bond acceptors (Lipinski definition) is 4. The maximum Gasteiger partial charge on any atom is 0.128 e. The second kappa shape index (κ2) is 8.55. The Kier molecular flexibility index (Phi) is 5.67. The molecule has 25 heavy (non-hydrogen) atoms. The predicted octanol–water partition coefficient (Wildman–Crippen LogP) is 4.62. The summed E-state index contributed by atoms with van der Waals surface area (Å²) in [5, 5.41) is 11.7. The standard InChI is InChI=1S/C21H19NO3/c23-22-16-19-8-4-5-9-21(19)25-15-14-24-20-12-10-18(11-13-20)17-6-2-1-3-7-17/h1-13,16,23H,14-15H2/b22-16+. The maximum absolute atomic E-state index is 8.66. The number of hydrogen-bond donors (Lipinski definition) is 1. The highest BCUT2D eigenvalue weighted by molar-refractivity contribution is 5.82. The molecule has 1 N–H and O–H groups in total. The molecule has 0 atom stereocenters. The number of ether oxygens (including phenoxy) is 2. The number of nitrogens with zero attached hydrogens (tertiary/aromatic N) is 1. The van der Waals surface area contributed by atoms with Crippen molar-refractivity contribution in [2.24, 2.45) is 5.16 Å². The molecule has 4 nitrogen and oxygen atoms in total. The highest BCUT2D eigenvalue weighted by Crippen LogP contribution is 2.22. The molecule has 0 saturated carbocycles. The molecule has 0 heterocycles. The lowest BCUT2D eigenvalue weighted by molar-refractivity contribution is 0.217. The maximum atomic E-state index is 8.66. The van der Waals surface area contributed by atoms with Gasteiger partial charge in [0.05, 0.1) is 6.21 Å². The summed E-state index contributed by atoms with van der Waals surface area (Å²) in [6.45, 7) is 0.825.